The number of thiol groups is 1. The molecule has 0 saturated heterocycles. The van der Waals surface area contributed by atoms with Crippen molar-refractivity contribution in [2.45, 2.75) is 0 Å². The van der Waals surface area contributed by atoms with E-state index in [1.807, 2.05) is 0 Å². The zero-order chi connectivity index (χ0) is 11.3. The number of methoxy groups -OCH3 is 1. The summed E-state index contributed by atoms with van der Waals surface area (Å²) in [5, 5.41) is 0. The predicted molar refractivity (Wildman–Crippen MR) is 62.9 cm³/mol. The summed E-state index contributed by atoms with van der Waals surface area (Å²) in [6.07, 6.45) is 0. The molecule has 78 valence electrons. The van der Waals surface area contributed by atoms with Gasteiger partial charge in [0.2, 0.25) is 0 Å². The minimum Gasteiger partial charge on any atom is -0.465 e. The van der Waals surface area contributed by atoms with Gasteiger partial charge in [-0.25, -0.2) is 4.79 Å². The molecular formula is C11H11NO2S. The lowest BCUT2D eigenvalue weighted by Crippen LogP contribution is -2.05. The SMILES string of the molecule is COC(=O)c1cc(N)ccc1C#CCS. The Kier molecular flexibility index (Phi) is 4.07. The molecule has 0 radical (unpaired) electrons. The first-order valence-electron chi connectivity index (χ1n) is 4.26. The summed E-state index contributed by atoms with van der Waals surface area (Å²) in [6.45, 7) is 0. The van der Waals surface area contributed by atoms with E-state index in [1.165, 1.54) is 7.11 Å². The summed E-state index contributed by atoms with van der Waals surface area (Å²) in [5.74, 6) is 5.59. The molecule has 0 aliphatic rings. The molecule has 1 aromatic rings. The van der Waals surface area contributed by atoms with E-state index < -0.39 is 5.97 Å². The van der Waals surface area contributed by atoms with E-state index in [-0.39, 0.29) is 0 Å². The third-order valence-electron chi connectivity index (χ3n) is 1.75. The third-order valence-corrected chi connectivity index (χ3v) is 1.91. The summed E-state index contributed by atoms with van der Waals surface area (Å²) >= 11 is 3.97. The van der Waals surface area contributed by atoms with Crippen LogP contribution >= 0.6 is 12.6 Å². The number of benzene rings is 1. The highest BCUT2D eigenvalue weighted by Gasteiger charge is 2.10. The van der Waals surface area contributed by atoms with Crippen LogP contribution in [0.1, 0.15) is 15.9 Å². The van der Waals surface area contributed by atoms with Crippen LogP contribution in [0.3, 0.4) is 0 Å². The van der Waals surface area contributed by atoms with Crippen LogP contribution in [0.15, 0.2) is 18.2 Å². The Morgan fingerprint density at radius 2 is 2.33 bits per heavy atom. The Hall–Kier alpha value is -1.60. The molecule has 3 nitrogen and oxygen atoms in total. The van der Waals surface area contributed by atoms with Crippen molar-refractivity contribution >= 4 is 24.3 Å². The van der Waals surface area contributed by atoms with Gasteiger partial charge >= 0.3 is 5.97 Å². The van der Waals surface area contributed by atoms with E-state index >= 15 is 0 Å². The maximum atomic E-state index is 11.4. The van der Waals surface area contributed by atoms with Gasteiger partial charge in [0.15, 0.2) is 0 Å². The van der Waals surface area contributed by atoms with Gasteiger partial charge in [-0.3, -0.25) is 0 Å². The molecular weight excluding hydrogens is 210 g/mol. The second-order valence-corrected chi connectivity index (χ2v) is 3.07. The van der Waals surface area contributed by atoms with E-state index in [2.05, 4.69) is 29.2 Å². The first kappa shape index (κ1) is 11.5. The van der Waals surface area contributed by atoms with Crippen molar-refractivity contribution < 1.29 is 9.53 Å². The number of ether oxygens (including phenoxy) is 1. The summed E-state index contributed by atoms with van der Waals surface area (Å²) in [6, 6.07) is 4.93. The standard InChI is InChI=1S/C11H11NO2S/c1-14-11(13)10-7-9(12)5-4-8(10)3-2-6-15/h4-5,7,15H,6,12H2,1H3. The highest BCUT2D eigenvalue weighted by molar-refractivity contribution is 7.80. The highest BCUT2D eigenvalue weighted by atomic mass is 32.1. The second-order valence-electron chi connectivity index (χ2n) is 2.76. The molecule has 15 heavy (non-hydrogen) atoms. The van der Waals surface area contributed by atoms with Crippen LogP contribution in [0.4, 0.5) is 5.69 Å². The van der Waals surface area contributed by atoms with Crippen molar-refractivity contribution in [3.63, 3.8) is 0 Å². The predicted octanol–water partition coefficient (Wildman–Crippen LogP) is 1.34. The Labute approximate surface area is 94.0 Å². The smallest absolute Gasteiger partial charge is 0.339 e. The number of hydrogen-bond acceptors (Lipinski definition) is 4. The number of nitrogens with two attached hydrogens (primary N) is 1. The van der Waals surface area contributed by atoms with Gasteiger partial charge in [0.05, 0.1) is 18.4 Å². The average Bonchev–Trinajstić information content (AvgIpc) is 2.26. The van der Waals surface area contributed by atoms with Crippen LogP contribution in [0, 0.1) is 11.8 Å². The van der Waals surface area contributed by atoms with Crippen LogP contribution in [0.25, 0.3) is 0 Å². The van der Waals surface area contributed by atoms with Crippen molar-refractivity contribution in [1.29, 1.82) is 0 Å². The van der Waals surface area contributed by atoms with Crippen molar-refractivity contribution in [3.8, 4) is 11.8 Å². The fourth-order valence-electron chi connectivity index (χ4n) is 1.08. The first-order chi connectivity index (χ1) is 7.19. The second kappa shape index (κ2) is 5.32. The average molecular weight is 221 g/mol. The van der Waals surface area contributed by atoms with Crippen LogP contribution < -0.4 is 5.73 Å². The maximum Gasteiger partial charge on any atom is 0.339 e. The molecule has 4 heteroatoms. The van der Waals surface area contributed by atoms with Crippen LogP contribution in [0.5, 0.6) is 0 Å². The van der Waals surface area contributed by atoms with Gasteiger partial charge < -0.3 is 10.5 Å². The van der Waals surface area contributed by atoms with Gasteiger partial charge in [-0.15, -0.1) is 0 Å². The molecule has 0 aliphatic carbocycles. The number of rotatable bonds is 1. The van der Waals surface area contributed by atoms with Gasteiger partial charge in [0.1, 0.15) is 0 Å². The summed E-state index contributed by atoms with van der Waals surface area (Å²) in [7, 11) is 1.32. The van der Waals surface area contributed by atoms with Gasteiger partial charge in [0, 0.05) is 11.3 Å². The topological polar surface area (TPSA) is 52.3 Å². The molecule has 0 fully saturated rings. The number of hydrogen-bond donors (Lipinski definition) is 2. The first-order valence-corrected chi connectivity index (χ1v) is 4.90. The summed E-state index contributed by atoms with van der Waals surface area (Å²) in [4.78, 5) is 11.4. The van der Waals surface area contributed by atoms with Gasteiger partial charge in [-0.1, -0.05) is 11.8 Å². The van der Waals surface area contributed by atoms with Crippen LogP contribution in [-0.4, -0.2) is 18.8 Å². The number of anilines is 1. The zero-order valence-corrected chi connectivity index (χ0v) is 9.17. The number of carbonyl (C=O) groups excluding carboxylic acids is 1. The Bertz CT molecular complexity index is 432. The van der Waals surface area contributed by atoms with Crippen molar-refractivity contribution in [3.05, 3.63) is 29.3 Å². The number of nitrogen functional groups attached to an aromatic ring is 1. The van der Waals surface area contributed by atoms with E-state index in [1.54, 1.807) is 18.2 Å². The lowest BCUT2D eigenvalue weighted by molar-refractivity contribution is 0.0600. The quantitative estimate of drug-likeness (QED) is 0.325. The molecule has 0 unspecified atom stereocenters. The van der Waals surface area contributed by atoms with E-state index in [0.717, 1.165) is 0 Å². The largest absolute Gasteiger partial charge is 0.465 e. The summed E-state index contributed by atoms with van der Waals surface area (Å²) < 4.78 is 4.63. The molecule has 0 aromatic heterocycles. The van der Waals surface area contributed by atoms with Crippen molar-refractivity contribution in [2.24, 2.45) is 0 Å². The third kappa shape index (κ3) is 2.93. The highest BCUT2D eigenvalue weighted by Crippen LogP contribution is 2.13. The minimum absolute atomic E-state index is 0.381. The molecule has 0 amide bonds. The maximum absolute atomic E-state index is 11.4. The molecule has 0 saturated carbocycles. The normalized spacial score (nSPS) is 8.93. The number of esters is 1. The zero-order valence-electron chi connectivity index (χ0n) is 8.28. The minimum atomic E-state index is -0.439. The van der Waals surface area contributed by atoms with Gasteiger partial charge in [-0.2, -0.15) is 12.6 Å². The molecule has 0 bridgehead atoms. The molecule has 1 aromatic carbocycles. The molecule has 0 heterocycles. The van der Waals surface area contributed by atoms with Gasteiger partial charge in [-0.05, 0) is 18.2 Å². The van der Waals surface area contributed by atoms with Gasteiger partial charge in [0.25, 0.3) is 0 Å². The molecule has 0 aliphatic heterocycles. The fourth-order valence-corrected chi connectivity index (χ4v) is 1.16. The lowest BCUT2D eigenvalue weighted by atomic mass is 10.1. The van der Waals surface area contributed by atoms with E-state index in [9.17, 15) is 4.79 Å². The van der Waals surface area contributed by atoms with E-state index in [4.69, 9.17) is 5.73 Å². The molecule has 0 atom stereocenters. The summed E-state index contributed by atoms with van der Waals surface area (Å²) in [5.41, 5.74) is 7.07. The number of carbonyl (C=O) groups is 1. The molecule has 0 spiro atoms. The molecule has 2 N–H and O–H groups in total. The molecule has 1 rings (SSSR count). The Balaban J connectivity index is 3.20. The van der Waals surface area contributed by atoms with E-state index in [0.29, 0.717) is 22.6 Å². The van der Waals surface area contributed by atoms with Crippen LogP contribution in [0.2, 0.25) is 0 Å². The van der Waals surface area contributed by atoms with Crippen LogP contribution in [-0.2, 0) is 4.74 Å². The van der Waals surface area contributed by atoms with Crippen molar-refractivity contribution in [1.82, 2.24) is 0 Å². The lowest BCUT2D eigenvalue weighted by Gasteiger charge is -2.03. The fraction of sp³-hybridized carbons (Fsp3) is 0.182. The monoisotopic (exact) mass is 221 g/mol. The van der Waals surface area contributed by atoms with Crippen molar-refractivity contribution in [2.75, 3.05) is 18.6 Å². The Morgan fingerprint density at radius 3 is 2.93 bits per heavy atom. The Morgan fingerprint density at radius 1 is 1.60 bits per heavy atom.